The Morgan fingerprint density at radius 1 is 0.523 bits per heavy atom. The van der Waals surface area contributed by atoms with Gasteiger partial charge in [0.15, 0.2) is 0 Å². The van der Waals surface area contributed by atoms with Crippen molar-refractivity contribution >= 4 is 42.7 Å². The van der Waals surface area contributed by atoms with Crippen molar-refractivity contribution in [3.8, 4) is 11.8 Å². The van der Waals surface area contributed by atoms with Crippen LogP contribution in [-0.2, 0) is 27.9 Å². The van der Waals surface area contributed by atoms with Gasteiger partial charge in [-0.1, -0.05) is 12.1 Å². The predicted molar refractivity (Wildman–Crippen MR) is 177 cm³/mol. The van der Waals surface area contributed by atoms with Crippen molar-refractivity contribution in [2.24, 2.45) is 0 Å². The molecule has 0 amide bonds. The summed E-state index contributed by atoms with van der Waals surface area (Å²) in [5.41, 5.74) is -1.39. The number of methoxy groups -OCH3 is 2. The Kier molecular flexibility index (Phi) is 11.1. The zero-order valence-corrected chi connectivity index (χ0v) is 30.3. The third-order valence-corrected chi connectivity index (χ3v) is 9.55. The first-order valence-electron chi connectivity index (χ1n) is 14.8. The fourth-order valence-corrected chi connectivity index (χ4v) is 4.47. The Bertz CT molecular complexity index is 1200. The van der Waals surface area contributed by atoms with Gasteiger partial charge < -0.3 is 37.4 Å². The van der Waals surface area contributed by atoms with Crippen molar-refractivity contribution in [2.75, 3.05) is 14.2 Å². The molecule has 14 heteroatoms. The number of ether oxygens (including phenoxy) is 2. The summed E-state index contributed by atoms with van der Waals surface area (Å²) in [5, 5.41) is 0. The van der Waals surface area contributed by atoms with Crippen molar-refractivity contribution in [3.05, 3.63) is 41.0 Å². The molecule has 5 rings (SSSR count). The summed E-state index contributed by atoms with van der Waals surface area (Å²) >= 11 is 3.21. The summed E-state index contributed by atoms with van der Waals surface area (Å²) in [7, 11) is 1.80. The van der Waals surface area contributed by atoms with Crippen LogP contribution in [0, 0.1) is 0 Å². The van der Waals surface area contributed by atoms with E-state index in [2.05, 4.69) is 25.9 Å². The molecule has 0 N–H and O–H groups in total. The normalized spacial score (nSPS) is 23.3. The average molecular weight is 677 g/mol. The van der Waals surface area contributed by atoms with Crippen LogP contribution in [0.25, 0.3) is 0 Å². The molecule has 3 saturated heterocycles. The van der Waals surface area contributed by atoms with Crippen LogP contribution in [0.1, 0.15) is 83.1 Å². The highest BCUT2D eigenvalue weighted by Crippen LogP contribution is 2.43. The van der Waals surface area contributed by atoms with Gasteiger partial charge >= 0.3 is 21.1 Å². The number of rotatable bonds is 4. The quantitative estimate of drug-likeness (QED) is 0.305. The highest BCUT2D eigenvalue weighted by Gasteiger charge is 2.63. The first kappa shape index (κ1) is 36.8. The van der Waals surface area contributed by atoms with Crippen LogP contribution in [0.3, 0.4) is 0 Å². The topological polar surface area (TPSA) is 99.6 Å². The van der Waals surface area contributed by atoms with Crippen LogP contribution in [0.4, 0.5) is 0 Å². The number of pyridine rings is 2. The van der Waals surface area contributed by atoms with Crippen molar-refractivity contribution in [1.82, 2.24) is 9.97 Å². The van der Waals surface area contributed by atoms with E-state index in [0.717, 1.165) is 10.2 Å². The minimum absolute atomic E-state index is 0.345. The molecule has 0 aromatic carbocycles. The third kappa shape index (κ3) is 8.18. The maximum atomic E-state index is 5.96. The second-order valence-corrected chi connectivity index (χ2v) is 14.8. The maximum Gasteiger partial charge on any atom is 0.514 e. The monoisotopic (exact) mass is 676 g/mol. The molecule has 2 aromatic rings. The molecule has 0 spiro atoms. The summed E-state index contributed by atoms with van der Waals surface area (Å²) in [6, 6.07) is 11.1. The highest BCUT2D eigenvalue weighted by atomic mass is 79.9. The molecule has 2 aromatic heterocycles. The molecule has 0 bridgehead atoms. The van der Waals surface area contributed by atoms with Crippen molar-refractivity contribution in [3.63, 3.8) is 0 Å². The fourth-order valence-electron chi connectivity index (χ4n) is 4.14. The molecule has 3 aliphatic heterocycles. The van der Waals surface area contributed by atoms with Gasteiger partial charge in [-0.3, -0.25) is 0 Å². The minimum Gasteiger partial charge on any atom is -0.481 e. The van der Waals surface area contributed by atoms with E-state index in [-0.39, 0.29) is 33.6 Å². The van der Waals surface area contributed by atoms with E-state index < -0.39 is 21.1 Å². The molecule has 10 nitrogen and oxygen atoms in total. The molecule has 44 heavy (non-hydrogen) atoms. The van der Waals surface area contributed by atoms with Gasteiger partial charge in [0.05, 0.1) is 53.4 Å². The van der Waals surface area contributed by atoms with Gasteiger partial charge in [0, 0.05) is 12.1 Å². The van der Waals surface area contributed by atoms with Crippen LogP contribution in [0.15, 0.2) is 41.0 Å². The van der Waals surface area contributed by atoms with Crippen LogP contribution >= 0.6 is 15.9 Å². The second kappa shape index (κ2) is 13.2. The van der Waals surface area contributed by atoms with Gasteiger partial charge in [0.1, 0.15) is 4.60 Å². The third-order valence-electron chi connectivity index (χ3n) is 9.11. The lowest BCUT2D eigenvalue weighted by atomic mass is 9.49. The Balaban J connectivity index is 0.000000190. The van der Waals surface area contributed by atoms with Crippen molar-refractivity contribution < 1.29 is 37.4 Å². The Labute approximate surface area is 273 Å². The summed E-state index contributed by atoms with van der Waals surface area (Å²) in [6.07, 6.45) is 0. The lowest BCUT2D eigenvalue weighted by Crippen LogP contribution is -2.41. The van der Waals surface area contributed by atoms with E-state index in [4.69, 9.17) is 37.4 Å². The average Bonchev–Trinajstić information content (AvgIpc) is 3.38. The van der Waals surface area contributed by atoms with Gasteiger partial charge in [-0.15, -0.1) is 0 Å². The summed E-state index contributed by atoms with van der Waals surface area (Å²) in [4.78, 5) is 8.32. The maximum absolute atomic E-state index is 5.96. The Hall–Kier alpha value is -1.67. The number of hydrogen-bond acceptors (Lipinski definition) is 10. The molecule has 0 unspecified atom stereocenters. The predicted octanol–water partition coefficient (Wildman–Crippen LogP) is 5.49. The molecule has 0 saturated carbocycles. The number of halogens is 1. The van der Waals surface area contributed by atoms with E-state index in [1.54, 1.807) is 26.4 Å². The van der Waals surface area contributed by atoms with Gasteiger partial charge in [-0.2, -0.15) is 0 Å². The number of hydrogen-bond donors (Lipinski definition) is 0. The Morgan fingerprint density at radius 3 is 1.20 bits per heavy atom. The summed E-state index contributed by atoms with van der Waals surface area (Å²) < 4.78 is 46.4. The van der Waals surface area contributed by atoms with Gasteiger partial charge in [0.25, 0.3) is 0 Å². The molecule has 242 valence electrons. The van der Waals surface area contributed by atoms with Gasteiger partial charge in [0.2, 0.25) is 11.8 Å². The van der Waals surface area contributed by atoms with E-state index in [9.17, 15) is 0 Å². The van der Waals surface area contributed by atoms with Gasteiger partial charge in [-0.05, 0) is 111 Å². The zero-order chi connectivity index (χ0) is 33.4. The SMILES string of the molecule is CC1(C)OB(B2OC(C)(C)C(C)(C)O2)OC1(C)C.COc1cccc(B2OC(C)(C)C(C)(C)O2)n1.COc1cccc(Br)n1. The fraction of sp³-hybridized carbons (Fsp3) is 0.667. The standard InChI is InChI=1S/C12H24B2O4.C12H18BNO3.C6H6BrNO/c1-9(2)10(3,4)16-13(15-9)14-17-11(5,6)12(7,8)18-14;1-11(2)12(3,4)17-13(16-11)9-7-6-8-10(14-9)15-5;1-9-6-4-2-3-5(7)8-6/h1-8H3;6-8H,1-5H3;2-4H,1H3. The molecule has 0 atom stereocenters. The lowest BCUT2D eigenvalue weighted by Gasteiger charge is -2.32. The molecule has 0 aliphatic carbocycles. The first-order chi connectivity index (χ1) is 20.1. The van der Waals surface area contributed by atoms with Crippen LogP contribution in [-0.4, -0.2) is 78.9 Å². The number of aromatic nitrogens is 2. The molecule has 0 radical (unpaired) electrons. The second-order valence-electron chi connectivity index (χ2n) is 13.9. The molecular weight excluding hydrogens is 629 g/mol. The molecule has 3 aliphatic rings. The van der Waals surface area contributed by atoms with Crippen LogP contribution in [0.5, 0.6) is 11.8 Å². The van der Waals surface area contributed by atoms with E-state index in [1.165, 1.54) is 0 Å². The Morgan fingerprint density at radius 2 is 0.864 bits per heavy atom. The van der Waals surface area contributed by atoms with Crippen LogP contribution in [0.2, 0.25) is 0 Å². The number of nitrogens with zero attached hydrogens (tertiary/aromatic N) is 2. The highest BCUT2D eigenvalue weighted by molar-refractivity contribution is 9.10. The largest absolute Gasteiger partial charge is 0.514 e. The molecule has 5 heterocycles. The summed E-state index contributed by atoms with van der Waals surface area (Å²) in [6.45, 7) is 24.3. The smallest absolute Gasteiger partial charge is 0.481 e. The van der Waals surface area contributed by atoms with Crippen molar-refractivity contribution in [2.45, 2.75) is 117 Å². The zero-order valence-electron chi connectivity index (χ0n) is 28.7. The van der Waals surface area contributed by atoms with Crippen LogP contribution < -0.4 is 15.1 Å². The van der Waals surface area contributed by atoms with Gasteiger partial charge in [-0.25, -0.2) is 9.97 Å². The lowest BCUT2D eigenvalue weighted by molar-refractivity contribution is 0.00578. The van der Waals surface area contributed by atoms with Crippen molar-refractivity contribution in [1.29, 1.82) is 0 Å². The van der Waals surface area contributed by atoms with E-state index in [0.29, 0.717) is 11.8 Å². The van der Waals surface area contributed by atoms with E-state index in [1.807, 2.05) is 107 Å². The minimum atomic E-state index is -0.476. The molecular formula is C30H48B3BrN2O8. The molecule has 3 fully saturated rings. The van der Waals surface area contributed by atoms with E-state index >= 15 is 0 Å². The summed E-state index contributed by atoms with van der Waals surface area (Å²) in [5.74, 6) is 1.20. The first-order valence-corrected chi connectivity index (χ1v) is 15.6.